The van der Waals surface area contributed by atoms with Crippen LogP contribution in [0.4, 0.5) is 0 Å². The van der Waals surface area contributed by atoms with Crippen LogP contribution >= 0.6 is 11.8 Å². The smallest absolute Gasteiger partial charge is 0.244 e. The number of nitrogens with zero attached hydrogens (tertiary/aromatic N) is 3. The third-order valence-corrected chi connectivity index (χ3v) is 9.24. The van der Waals surface area contributed by atoms with E-state index in [1.807, 2.05) is 0 Å². The summed E-state index contributed by atoms with van der Waals surface area (Å²) in [6, 6.07) is 9.56. The minimum atomic E-state index is -3.45. The Bertz CT molecular complexity index is 1050. The fourth-order valence-corrected chi connectivity index (χ4v) is 5.94. The average molecular weight is 472 g/mol. The number of sulfonamides is 2. The fraction of sp³-hybridized carbons (Fsp3) is 0.421. The Kier molecular flexibility index (Phi) is 7.40. The van der Waals surface area contributed by atoms with Crippen LogP contribution in [0.3, 0.4) is 0 Å². The first-order valence-corrected chi connectivity index (χ1v) is 13.3. The van der Waals surface area contributed by atoms with E-state index in [2.05, 4.69) is 4.98 Å². The van der Waals surface area contributed by atoms with Crippen molar-refractivity contribution in [2.45, 2.75) is 27.7 Å². The van der Waals surface area contributed by atoms with Crippen LogP contribution in [-0.2, 0) is 20.0 Å². The molecule has 164 valence electrons. The summed E-state index contributed by atoms with van der Waals surface area (Å²) in [5.74, 6) is 1.19. The molecule has 0 atom stereocenters. The number of rotatable bonds is 9. The van der Waals surface area contributed by atoms with Crippen LogP contribution in [0.25, 0.3) is 0 Å². The third kappa shape index (κ3) is 5.33. The molecular weight excluding hydrogens is 446 g/mol. The Labute approximate surface area is 182 Å². The van der Waals surface area contributed by atoms with Gasteiger partial charge in [0, 0.05) is 39.1 Å². The molecule has 0 aliphatic carbocycles. The predicted molar refractivity (Wildman–Crippen MR) is 116 cm³/mol. The fourth-order valence-electron chi connectivity index (χ4n) is 2.91. The normalized spacial score (nSPS) is 15.6. The Morgan fingerprint density at radius 1 is 1.00 bits per heavy atom. The number of hydrogen-bond donors (Lipinski definition) is 0. The first-order chi connectivity index (χ1) is 14.2. The van der Waals surface area contributed by atoms with Gasteiger partial charge in [-0.05, 0) is 49.2 Å². The van der Waals surface area contributed by atoms with Gasteiger partial charge in [0.2, 0.25) is 20.0 Å². The van der Waals surface area contributed by atoms with Gasteiger partial charge in [-0.3, -0.25) is 0 Å². The second kappa shape index (κ2) is 9.65. The van der Waals surface area contributed by atoms with Crippen LogP contribution in [0.2, 0.25) is 0 Å². The number of thioether (sulfide) groups is 1. The molecule has 0 N–H and O–H groups in total. The van der Waals surface area contributed by atoms with Crippen LogP contribution < -0.4 is 4.74 Å². The van der Waals surface area contributed by atoms with Gasteiger partial charge in [-0.1, -0.05) is 0 Å². The molecule has 1 fully saturated rings. The van der Waals surface area contributed by atoms with Crippen molar-refractivity contribution < 1.29 is 21.6 Å². The Hall–Kier alpha value is -1.66. The second-order valence-electron chi connectivity index (χ2n) is 6.90. The highest BCUT2D eigenvalue weighted by atomic mass is 32.2. The van der Waals surface area contributed by atoms with Gasteiger partial charge in [0.1, 0.15) is 10.6 Å². The maximum Gasteiger partial charge on any atom is 0.244 e. The third-order valence-electron chi connectivity index (χ3n) is 4.62. The number of pyridine rings is 1. The lowest BCUT2D eigenvalue weighted by molar-refractivity contribution is 0.343. The summed E-state index contributed by atoms with van der Waals surface area (Å²) in [4.78, 5) is 4.68. The van der Waals surface area contributed by atoms with Gasteiger partial charge in [-0.15, -0.1) is 11.8 Å². The standard InChI is InChI=1S/C19H25N3O5S3/c1-21(2)29(23,24)17-7-5-16(6-8-17)27-13-14-28-19-10-9-18(15-20-19)30(25,26)22-11-3-4-12-22/h5-10,15H,3-4,11-14H2,1-2H3. The second-order valence-corrected chi connectivity index (χ2v) is 12.1. The van der Waals surface area contributed by atoms with E-state index in [9.17, 15) is 16.8 Å². The molecule has 0 unspecified atom stereocenters. The van der Waals surface area contributed by atoms with Crippen LogP contribution in [0, 0.1) is 0 Å². The predicted octanol–water partition coefficient (Wildman–Crippen LogP) is 2.29. The van der Waals surface area contributed by atoms with Crippen LogP contribution in [0.1, 0.15) is 12.8 Å². The quantitative estimate of drug-likeness (QED) is 0.409. The monoisotopic (exact) mass is 471 g/mol. The Balaban J connectivity index is 1.49. The summed E-state index contributed by atoms with van der Waals surface area (Å²) in [7, 11) is -3.93. The van der Waals surface area contributed by atoms with Crippen molar-refractivity contribution in [3.63, 3.8) is 0 Å². The van der Waals surface area contributed by atoms with Gasteiger partial charge < -0.3 is 4.74 Å². The molecule has 3 rings (SSSR count). The van der Waals surface area contributed by atoms with Crippen molar-refractivity contribution in [3.05, 3.63) is 42.6 Å². The Morgan fingerprint density at radius 2 is 1.63 bits per heavy atom. The van der Waals surface area contributed by atoms with Gasteiger partial charge in [0.15, 0.2) is 0 Å². The SMILES string of the molecule is CN(C)S(=O)(=O)c1ccc(OCCSc2ccc(S(=O)(=O)N3CCCC3)cn2)cc1. The minimum Gasteiger partial charge on any atom is -0.493 e. The van der Waals surface area contributed by atoms with E-state index in [4.69, 9.17) is 4.74 Å². The lowest BCUT2D eigenvalue weighted by Gasteiger charge is -2.15. The van der Waals surface area contributed by atoms with Crippen LogP contribution in [-0.4, -0.2) is 70.0 Å². The molecular formula is C19H25N3O5S3. The van der Waals surface area contributed by atoms with Gasteiger partial charge >= 0.3 is 0 Å². The van der Waals surface area contributed by atoms with Crippen LogP contribution in [0.5, 0.6) is 5.75 Å². The summed E-state index contributed by atoms with van der Waals surface area (Å²) in [6.45, 7) is 1.54. The topological polar surface area (TPSA) is 96.9 Å². The number of benzene rings is 1. The van der Waals surface area contributed by atoms with E-state index in [0.717, 1.165) is 17.1 Å². The lowest BCUT2D eigenvalue weighted by Crippen LogP contribution is -2.27. The first-order valence-electron chi connectivity index (χ1n) is 9.46. The zero-order valence-electron chi connectivity index (χ0n) is 16.9. The van der Waals surface area contributed by atoms with Gasteiger partial charge in [0.05, 0.1) is 16.5 Å². The molecule has 11 heteroatoms. The van der Waals surface area contributed by atoms with Crippen molar-refractivity contribution in [2.24, 2.45) is 0 Å². The summed E-state index contributed by atoms with van der Waals surface area (Å²) >= 11 is 1.46. The largest absolute Gasteiger partial charge is 0.493 e. The van der Waals surface area contributed by atoms with Crippen molar-refractivity contribution in [1.29, 1.82) is 0 Å². The van der Waals surface area contributed by atoms with E-state index in [-0.39, 0.29) is 9.79 Å². The summed E-state index contributed by atoms with van der Waals surface area (Å²) in [6.07, 6.45) is 3.20. The van der Waals surface area contributed by atoms with Crippen molar-refractivity contribution >= 4 is 31.8 Å². The maximum absolute atomic E-state index is 12.5. The molecule has 0 radical (unpaired) electrons. The zero-order valence-corrected chi connectivity index (χ0v) is 19.3. The first kappa shape index (κ1) is 23.0. The number of hydrogen-bond acceptors (Lipinski definition) is 7. The highest BCUT2D eigenvalue weighted by Gasteiger charge is 2.27. The van der Waals surface area contributed by atoms with E-state index in [1.54, 1.807) is 24.3 Å². The zero-order chi connectivity index (χ0) is 21.8. The minimum absolute atomic E-state index is 0.211. The molecule has 8 nitrogen and oxygen atoms in total. The average Bonchev–Trinajstić information content (AvgIpc) is 3.28. The number of ether oxygens (including phenoxy) is 1. The Morgan fingerprint density at radius 3 is 2.20 bits per heavy atom. The molecule has 1 aromatic heterocycles. The molecule has 1 aliphatic rings. The van der Waals surface area contributed by atoms with Gasteiger partial charge in [-0.2, -0.15) is 4.31 Å². The van der Waals surface area contributed by atoms with Crippen LogP contribution in [0.15, 0.2) is 57.4 Å². The summed E-state index contributed by atoms with van der Waals surface area (Å²) in [5.41, 5.74) is 0. The van der Waals surface area contributed by atoms with Crippen molar-refractivity contribution in [1.82, 2.24) is 13.6 Å². The molecule has 0 bridgehead atoms. The molecule has 0 amide bonds. The molecule has 2 aromatic rings. The van der Waals surface area contributed by atoms with E-state index < -0.39 is 20.0 Å². The highest BCUT2D eigenvalue weighted by molar-refractivity contribution is 7.99. The molecule has 0 spiro atoms. The number of aromatic nitrogens is 1. The molecule has 30 heavy (non-hydrogen) atoms. The van der Waals surface area contributed by atoms with Gasteiger partial charge in [-0.25, -0.2) is 26.1 Å². The molecule has 2 heterocycles. The molecule has 1 aliphatic heterocycles. The van der Waals surface area contributed by atoms with Crippen molar-refractivity contribution in [2.75, 3.05) is 39.5 Å². The van der Waals surface area contributed by atoms with Gasteiger partial charge in [0.25, 0.3) is 0 Å². The molecule has 1 saturated heterocycles. The molecule has 1 aromatic carbocycles. The summed E-state index contributed by atoms with van der Waals surface area (Å²) < 4.78 is 57.4. The lowest BCUT2D eigenvalue weighted by atomic mass is 10.3. The summed E-state index contributed by atoms with van der Waals surface area (Å²) in [5, 5.41) is 0.714. The maximum atomic E-state index is 12.5. The molecule has 0 saturated carbocycles. The highest BCUT2D eigenvalue weighted by Crippen LogP contribution is 2.23. The van der Waals surface area contributed by atoms with E-state index in [0.29, 0.717) is 36.2 Å². The van der Waals surface area contributed by atoms with E-state index in [1.165, 1.54) is 48.5 Å². The van der Waals surface area contributed by atoms with E-state index >= 15 is 0 Å². The van der Waals surface area contributed by atoms with Crippen molar-refractivity contribution in [3.8, 4) is 5.75 Å².